The number of fused-ring (bicyclic) bond motifs is 1. The van der Waals surface area contributed by atoms with Gasteiger partial charge in [-0.05, 0) is 29.8 Å². The molecule has 1 unspecified atom stereocenters. The molecule has 2 aromatic rings. The van der Waals surface area contributed by atoms with E-state index in [2.05, 4.69) is 5.32 Å². The Labute approximate surface area is 161 Å². The van der Waals surface area contributed by atoms with Crippen molar-refractivity contribution in [2.24, 2.45) is 0 Å². The molecule has 2 bridgehead atoms. The Morgan fingerprint density at radius 2 is 2.04 bits per heavy atom. The molecule has 0 radical (unpaired) electrons. The summed E-state index contributed by atoms with van der Waals surface area (Å²) in [6.07, 6.45) is 3.58. The minimum absolute atomic E-state index is 0.0843. The summed E-state index contributed by atoms with van der Waals surface area (Å²) in [5, 5.41) is 12.5. The van der Waals surface area contributed by atoms with E-state index in [1.165, 1.54) is 12.0 Å². The van der Waals surface area contributed by atoms with Gasteiger partial charge in [0.05, 0.1) is 24.3 Å². The fourth-order valence-corrected chi connectivity index (χ4v) is 3.80. The number of aliphatic hydroxyl groups is 1. The number of Topliss-reactive ketones (excluding diaryl/α,β-unsaturated/α-hetero) is 1. The second-order valence-electron chi connectivity index (χ2n) is 6.26. The van der Waals surface area contributed by atoms with Crippen LogP contribution in [0, 0.1) is 0 Å². The van der Waals surface area contributed by atoms with Crippen molar-refractivity contribution in [2.45, 2.75) is 6.04 Å². The van der Waals surface area contributed by atoms with Crippen molar-refractivity contribution in [2.75, 3.05) is 30.5 Å². The van der Waals surface area contributed by atoms with Gasteiger partial charge in [0.25, 0.3) is 5.91 Å². The highest BCUT2D eigenvalue weighted by molar-refractivity contribution is 6.33. The number of benzene rings is 2. The number of anilines is 2. The number of aliphatic hydroxyl groups excluding tert-OH is 1. The number of hydrogen-bond donors (Lipinski definition) is 2. The smallest absolute Gasteiger partial charge is 0.262 e. The molecule has 1 aliphatic heterocycles. The number of nitrogens with one attached hydrogen (secondary N) is 1. The fraction of sp³-hybridized carbons (Fsp3) is 0.200. The molecule has 0 saturated heterocycles. The van der Waals surface area contributed by atoms with Gasteiger partial charge in [-0.1, -0.05) is 29.8 Å². The molecule has 0 saturated carbocycles. The lowest BCUT2D eigenvalue weighted by Crippen LogP contribution is -2.50. The molecule has 2 aromatic carbocycles. The van der Waals surface area contributed by atoms with Gasteiger partial charge in [0.15, 0.2) is 5.78 Å². The van der Waals surface area contributed by atoms with Crippen LogP contribution in [0.2, 0.25) is 5.02 Å². The second-order valence-corrected chi connectivity index (χ2v) is 6.67. The van der Waals surface area contributed by atoms with Crippen LogP contribution in [-0.4, -0.2) is 43.1 Å². The number of rotatable bonds is 5. The zero-order chi connectivity index (χ0) is 19.1. The summed E-state index contributed by atoms with van der Waals surface area (Å²) in [7, 11) is 1.51. The van der Waals surface area contributed by atoms with Crippen molar-refractivity contribution >= 4 is 40.7 Å². The number of carbonyl (C=O) groups excluding carboxylic acids is 2. The lowest BCUT2D eigenvalue weighted by atomic mass is 9.83. The first-order valence-electron chi connectivity index (χ1n) is 8.48. The van der Waals surface area contributed by atoms with E-state index in [1.54, 1.807) is 36.4 Å². The maximum Gasteiger partial charge on any atom is 0.262 e. The van der Waals surface area contributed by atoms with E-state index >= 15 is 0 Å². The third-order valence-corrected chi connectivity index (χ3v) is 5.06. The third kappa shape index (κ3) is 2.69. The van der Waals surface area contributed by atoms with E-state index in [0.29, 0.717) is 33.3 Å². The van der Waals surface area contributed by atoms with Crippen LogP contribution < -0.4 is 15.0 Å². The van der Waals surface area contributed by atoms with E-state index in [0.717, 1.165) is 5.56 Å². The largest absolute Gasteiger partial charge is 0.495 e. The number of methoxy groups -OCH3 is 1. The SMILES string of the molecule is COc1ccc(N2C(=O)c3c(NCCO)ccc4c3C(=O)C2C=C4)cc1Cl. The van der Waals surface area contributed by atoms with Crippen molar-refractivity contribution in [1.82, 2.24) is 0 Å². The molecule has 2 N–H and O–H groups in total. The molecule has 0 aromatic heterocycles. The van der Waals surface area contributed by atoms with Gasteiger partial charge < -0.3 is 15.2 Å². The maximum absolute atomic E-state index is 13.4. The lowest BCUT2D eigenvalue weighted by Gasteiger charge is -2.37. The number of carbonyl (C=O) groups is 2. The summed E-state index contributed by atoms with van der Waals surface area (Å²) < 4.78 is 5.17. The lowest BCUT2D eigenvalue weighted by molar-refractivity contribution is 0.0885. The molecule has 0 spiro atoms. The number of nitrogens with zero attached hydrogens (tertiary/aromatic N) is 1. The summed E-state index contributed by atoms with van der Waals surface area (Å²) in [5.74, 6) is 0.0625. The van der Waals surface area contributed by atoms with Crippen LogP contribution in [0.3, 0.4) is 0 Å². The van der Waals surface area contributed by atoms with Gasteiger partial charge in [0, 0.05) is 23.5 Å². The molecule has 138 valence electrons. The van der Waals surface area contributed by atoms with Gasteiger partial charge in [-0.3, -0.25) is 14.5 Å². The Balaban J connectivity index is 1.87. The van der Waals surface area contributed by atoms with E-state index < -0.39 is 6.04 Å². The molecule has 1 atom stereocenters. The van der Waals surface area contributed by atoms with Gasteiger partial charge in [0.2, 0.25) is 0 Å². The molecule has 2 aliphatic rings. The maximum atomic E-state index is 13.4. The van der Waals surface area contributed by atoms with Crippen molar-refractivity contribution < 1.29 is 19.4 Å². The molecular formula is C20H17ClN2O4. The third-order valence-electron chi connectivity index (χ3n) is 4.76. The van der Waals surface area contributed by atoms with Gasteiger partial charge in [-0.15, -0.1) is 0 Å². The summed E-state index contributed by atoms with van der Waals surface area (Å²) in [6.45, 7) is 0.194. The predicted molar refractivity (Wildman–Crippen MR) is 104 cm³/mol. The minimum Gasteiger partial charge on any atom is -0.495 e. The Kier molecular flexibility index (Phi) is 4.37. The van der Waals surface area contributed by atoms with Crippen LogP contribution in [0.4, 0.5) is 11.4 Å². The normalized spacial score (nSPS) is 17.3. The molecule has 1 amide bonds. The van der Waals surface area contributed by atoms with Crippen LogP contribution in [0.5, 0.6) is 5.75 Å². The highest BCUT2D eigenvalue weighted by Gasteiger charge is 2.42. The van der Waals surface area contributed by atoms with Gasteiger partial charge in [-0.25, -0.2) is 0 Å². The zero-order valence-electron chi connectivity index (χ0n) is 14.5. The average molecular weight is 385 g/mol. The molecular weight excluding hydrogens is 368 g/mol. The van der Waals surface area contributed by atoms with Gasteiger partial charge >= 0.3 is 0 Å². The topological polar surface area (TPSA) is 78.9 Å². The van der Waals surface area contributed by atoms with Crippen molar-refractivity contribution in [3.63, 3.8) is 0 Å². The van der Waals surface area contributed by atoms with Gasteiger partial charge in [0.1, 0.15) is 11.8 Å². The van der Waals surface area contributed by atoms with E-state index in [-0.39, 0.29) is 24.8 Å². The summed E-state index contributed by atoms with van der Waals surface area (Å²) in [6, 6.07) is 7.83. The van der Waals surface area contributed by atoms with Crippen LogP contribution >= 0.6 is 11.6 Å². The molecule has 4 rings (SSSR count). The number of hydrogen-bond acceptors (Lipinski definition) is 5. The van der Waals surface area contributed by atoms with Gasteiger partial charge in [-0.2, -0.15) is 0 Å². The van der Waals surface area contributed by atoms with Crippen LogP contribution in [0.15, 0.2) is 36.4 Å². The van der Waals surface area contributed by atoms with E-state index in [1.807, 2.05) is 6.08 Å². The summed E-state index contributed by atoms with van der Waals surface area (Å²) in [5.41, 5.74) is 2.51. The Morgan fingerprint density at radius 3 is 2.74 bits per heavy atom. The first kappa shape index (κ1) is 17.6. The predicted octanol–water partition coefficient (Wildman–Crippen LogP) is 2.99. The van der Waals surface area contributed by atoms with Crippen molar-refractivity contribution in [1.29, 1.82) is 0 Å². The standard InChI is InChI=1S/C20H17ClN2O4/c1-27-16-7-4-12(10-13(16)21)23-15-6-3-11-2-5-14(22-8-9-24)18(20(23)26)17(11)19(15)25/h2-7,10,15,22,24H,8-9H2,1H3. The van der Waals surface area contributed by atoms with Crippen molar-refractivity contribution in [3.8, 4) is 5.75 Å². The van der Waals surface area contributed by atoms with Crippen LogP contribution in [0.1, 0.15) is 26.3 Å². The van der Waals surface area contributed by atoms with Crippen LogP contribution in [0.25, 0.3) is 6.08 Å². The minimum atomic E-state index is -0.713. The number of ether oxygens (including phenoxy) is 1. The monoisotopic (exact) mass is 384 g/mol. The number of ketones is 1. The Morgan fingerprint density at radius 1 is 1.22 bits per heavy atom. The Bertz CT molecular complexity index is 986. The zero-order valence-corrected chi connectivity index (χ0v) is 15.3. The number of amides is 1. The Hall–Kier alpha value is -2.83. The van der Waals surface area contributed by atoms with Crippen LogP contribution in [-0.2, 0) is 0 Å². The molecule has 27 heavy (non-hydrogen) atoms. The highest BCUT2D eigenvalue weighted by atomic mass is 35.5. The van der Waals surface area contributed by atoms with E-state index in [4.69, 9.17) is 21.4 Å². The summed E-state index contributed by atoms with van der Waals surface area (Å²) >= 11 is 6.23. The average Bonchev–Trinajstić information content (AvgIpc) is 2.67. The molecule has 1 aliphatic carbocycles. The second kappa shape index (κ2) is 6.72. The number of halogens is 1. The van der Waals surface area contributed by atoms with Crippen molar-refractivity contribution in [3.05, 3.63) is 58.1 Å². The molecule has 0 fully saturated rings. The molecule has 7 heteroatoms. The van der Waals surface area contributed by atoms with E-state index in [9.17, 15) is 9.59 Å². The quantitative estimate of drug-likeness (QED) is 0.828. The highest BCUT2D eigenvalue weighted by Crippen LogP contribution is 2.39. The fourth-order valence-electron chi connectivity index (χ4n) is 3.55. The summed E-state index contributed by atoms with van der Waals surface area (Å²) in [4.78, 5) is 27.9. The first-order valence-corrected chi connectivity index (χ1v) is 8.86. The first-order chi connectivity index (χ1) is 13.1. The molecule has 1 heterocycles. The molecule has 6 nitrogen and oxygen atoms in total.